The number of tetrazole rings is 1. The average molecular weight is 314 g/mol. The molecule has 0 spiro atoms. The second-order valence-electron chi connectivity index (χ2n) is 5.94. The molecule has 7 heteroatoms. The Bertz CT molecular complexity index is 656. The van der Waals surface area contributed by atoms with Crippen molar-refractivity contribution >= 4 is 6.03 Å². The molecule has 1 N–H and O–H groups in total. The van der Waals surface area contributed by atoms with E-state index in [4.69, 9.17) is 0 Å². The number of benzene rings is 1. The quantitative estimate of drug-likeness (QED) is 0.924. The Morgan fingerprint density at radius 1 is 1.35 bits per heavy atom. The Labute approximate surface area is 135 Å². The molecule has 1 aliphatic heterocycles. The highest BCUT2D eigenvalue weighted by Gasteiger charge is 2.34. The number of nitrogens with zero attached hydrogens (tertiary/aromatic N) is 5. The Morgan fingerprint density at radius 2 is 2.13 bits per heavy atom. The molecule has 1 fully saturated rings. The summed E-state index contributed by atoms with van der Waals surface area (Å²) in [5.41, 5.74) is 1.31. The minimum atomic E-state index is -0.00828. The lowest BCUT2D eigenvalue weighted by Gasteiger charge is -2.25. The van der Waals surface area contributed by atoms with E-state index in [1.54, 1.807) is 11.7 Å². The van der Waals surface area contributed by atoms with E-state index in [-0.39, 0.29) is 12.1 Å². The van der Waals surface area contributed by atoms with Gasteiger partial charge < -0.3 is 10.2 Å². The molecule has 0 aliphatic carbocycles. The topological polar surface area (TPSA) is 75.9 Å². The normalized spacial score (nSPS) is 20.7. The van der Waals surface area contributed by atoms with E-state index in [0.29, 0.717) is 18.9 Å². The summed E-state index contributed by atoms with van der Waals surface area (Å²) in [6.07, 6.45) is 1.63. The van der Waals surface area contributed by atoms with Crippen LogP contribution < -0.4 is 5.32 Å². The zero-order valence-electron chi connectivity index (χ0n) is 13.5. The lowest BCUT2D eigenvalue weighted by molar-refractivity contribution is 0.194. The molecule has 1 saturated heterocycles. The van der Waals surface area contributed by atoms with Crippen molar-refractivity contribution in [3.63, 3.8) is 0 Å². The van der Waals surface area contributed by atoms with Crippen molar-refractivity contribution in [1.82, 2.24) is 30.4 Å². The van der Waals surface area contributed by atoms with Crippen molar-refractivity contribution in [2.75, 3.05) is 13.1 Å². The second-order valence-corrected chi connectivity index (χ2v) is 5.94. The summed E-state index contributed by atoms with van der Waals surface area (Å²) >= 11 is 0. The minimum absolute atomic E-state index is 0.00828. The third-order valence-corrected chi connectivity index (χ3v) is 4.58. The number of aryl methyl sites for hydroxylation is 1. The van der Waals surface area contributed by atoms with Gasteiger partial charge in [-0.1, -0.05) is 30.3 Å². The lowest BCUT2D eigenvalue weighted by atomic mass is 9.93. The molecular formula is C16H22N6O. The van der Waals surface area contributed by atoms with Gasteiger partial charge in [-0.25, -0.2) is 9.48 Å². The standard InChI is InChI=1S/C16H22N6O/c1-12-14(13-6-4-3-5-7-13)9-11-22(12)16(23)17-10-8-15-18-19-20-21(15)2/h3-7,12,14H,8-11H2,1-2H3,(H,17,23). The van der Waals surface area contributed by atoms with Gasteiger partial charge in [0.2, 0.25) is 0 Å². The number of carbonyl (C=O) groups excluding carboxylic acids is 1. The maximum atomic E-state index is 12.4. The van der Waals surface area contributed by atoms with Crippen molar-refractivity contribution < 1.29 is 4.79 Å². The van der Waals surface area contributed by atoms with Gasteiger partial charge in [0.25, 0.3) is 0 Å². The number of rotatable bonds is 4. The minimum Gasteiger partial charge on any atom is -0.338 e. The fourth-order valence-corrected chi connectivity index (χ4v) is 3.21. The monoisotopic (exact) mass is 314 g/mol. The molecule has 1 aliphatic rings. The molecule has 23 heavy (non-hydrogen) atoms. The van der Waals surface area contributed by atoms with E-state index in [1.807, 2.05) is 11.0 Å². The molecule has 122 valence electrons. The zero-order valence-corrected chi connectivity index (χ0v) is 13.5. The number of hydrogen-bond acceptors (Lipinski definition) is 4. The van der Waals surface area contributed by atoms with Crippen LogP contribution in [-0.4, -0.2) is 50.3 Å². The second kappa shape index (κ2) is 6.76. The number of amides is 2. The molecule has 7 nitrogen and oxygen atoms in total. The summed E-state index contributed by atoms with van der Waals surface area (Å²) in [7, 11) is 1.80. The van der Waals surface area contributed by atoms with E-state index in [2.05, 4.69) is 52.0 Å². The maximum Gasteiger partial charge on any atom is 0.317 e. The number of carbonyl (C=O) groups is 1. The number of hydrogen-bond donors (Lipinski definition) is 1. The van der Waals surface area contributed by atoms with E-state index in [9.17, 15) is 4.79 Å². The van der Waals surface area contributed by atoms with Crippen molar-refractivity contribution in [3.05, 3.63) is 41.7 Å². The smallest absolute Gasteiger partial charge is 0.317 e. The molecule has 2 amide bonds. The summed E-state index contributed by atoms with van der Waals surface area (Å²) in [5.74, 6) is 1.17. The van der Waals surface area contributed by atoms with Crippen LogP contribution >= 0.6 is 0 Å². The predicted molar refractivity (Wildman–Crippen MR) is 85.9 cm³/mol. The summed E-state index contributed by atoms with van der Waals surface area (Å²) in [5, 5.41) is 14.3. The van der Waals surface area contributed by atoms with Crippen molar-refractivity contribution in [2.45, 2.75) is 31.7 Å². The molecule has 0 radical (unpaired) electrons. The van der Waals surface area contributed by atoms with E-state index >= 15 is 0 Å². The van der Waals surface area contributed by atoms with E-state index in [1.165, 1.54) is 5.56 Å². The predicted octanol–water partition coefficient (Wildman–Crippen LogP) is 1.34. The van der Waals surface area contributed by atoms with Gasteiger partial charge >= 0.3 is 6.03 Å². The van der Waals surface area contributed by atoms with Gasteiger partial charge in [-0.15, -0.1) is 5.10 Å². The molecule has 1 aromatic carbocycles. The van der Waals surface area contributed by atoms with Crippen molar-refractivity contribution in [3.8, 4) is 0 Å². The van der Waals surface area contributed by atoms with Crippen LogP contribution in [-0.2, 0) is 13.5 Å². The van der Waals surface area contributed by atoms with Gasteiger partial charge in [-0.3, -0.25) is 0 Å². The van der Waals surface area contributed by atoms with Gasteiger partial charge in [-0.05, 0) is 29.3 Å². The first-order chi connectivity index (χ1) is 11.2. The van der Waals surface area contributed by atoms with E-state index in [0.717, 1.165) is 18.8 Å². The van der Waals surface area contributed by atoms with Crippen LogP contribution in [0.5, 0.6) is 0 Å². The summed E-state index contributed by atoms with van der Waals surface area (Å²) in [6, 6.07) is 10.6. The third kappa shape index (κ3) is 3.33. The van der Waals surface area contributed by atoms with Gasteiger partial charge in [0.05, 0.1) is 0 Å². The Balaban J connectivity index is 1.53. The first-order valence-electron chi connectivity index (χ1n) is 7.97. The fourth-order valence-electron chi connectivity index (χ4n) is 3.21. The van der Waals surface area contributed by atoms with Crippen LogP contribution in [0.2, 0.25) is 0 Å². The van der Waals surface area contributed by atoms with Gasteiger partial charge in [-0.2, -0.15) is 0 Å². The molecule has 2 heterocycles. The van der Waals surface area contributed by atoms with E-state index < -0.39 is 0 Å². The first kappa shape index (κ1) is 15.5. The van der Waals surface area contributed by atoms with Gasteiger partial charge in [0, 0.05) is 38.5 Å². The highest BCUT2D eigenvalue weighted by atomic mass is 16.2. The molecule has 3 rings (SSSR count). The van der Waals surface area contributed by atoms with Gasteiger partial charge in [0.15, 0.2) is 5.82 Å². The first-order valence-corrected chi connectivity index (χ1v) is 7.97. The number of urea groups is 1. The number of likely N-dealkylation sites (tertiary alicyclic amines) is 1. The third-order valence-electron chi connectivity index (χ3n) is 4.58. The molecule has 2 aromatic rings. The van der Waals surface area contributed by atoms with Crippen LogP contribution in [0.25, 0.3) is 0 Å². The lowest BCUT2D eigenvalue weighted by Crippen LogP contribution is -2.43. The maximum absolute atomic E-state index is 12.4. The largest absolute Gasteiger partial charge is 0.338 e. The number of aromatic nitrogens is 4. The molecule has 2 atom stereocenters. The highest BCUT2D eigenvalue weighted by molar-refractivity contribution is 5.75. The Hall–Kier alpha value is -2.44. The fraction of sp³-hybridized carbons (Fsp3) is 0.500. The molecular weight excluding hydrogens is 292 g/mol. The summed E-state index contributed by atoms with van der Waals surface area (Å²) in [6.45, 7) is 3.45. The Morgan fingerprint density at radius 3 is 2.83 bits per heavy atom. The van der Waals surface area contributed by atoms with Crippen LogP contribution in [0, 0.1) is 0 Å². The van der Waals surface area contributed by atoms with Gasteiger partial charge in [0.1, 0.15) is 0 Å². The number of nitrogens with one attached hydrogen (secondary N) is 1. The van der Waals surface area contributed by atoms with Crippen LogP contribution in [0.15, 0.2) is 30.3 Å². The van der Waals surface area contributed by atoms with Crippen LogP contribution in [0.4, 0.5) is 4.79 Å². The van der Waals surface area contributed by atoms with Crippen molar-refractivity contribution in [2.24, 2.45) is 7.05 Å². The average Bonchev–Trinajstić information content (AvgIpc) is 3.14. The SMILES string of the molecule is CC1C(c2ccccc2)CCN1C(=O)NCCc1nnnn1C. The van der Waals surface area contributed by atoms with Crippen LogP contribution in [0.3, 0.4) is 0 Å². The highest BCUT2D eigenvalue weighted by Crippen LogP contribution is 2.32. The Kier molecular flexibility index (Phi) is 4.55. The molecule has 0 saturated carbocycles. The van der Waals surface area contributed by atoms with Crippen LogP contribution in [0.1, 0.15) is 30.7 Å². The summed E-state index contributed by atoms with van der Waals surface area (Å²) in [4.78, 5) is 14.3. The molecule has 2 unspecified atom stereocenters. The zero-order chi connectivity index (χ0) is 16.2. The molecule has 0 bridgehead atoms. The summed E-state index contributed by atoms with van der Waals surface area (Å²) < 4.78 is 1.62. The van der Waals surface area contributed by atoms with Crippen molar-refractivity contribution in [1.29, 1.82) is 0 Å². The molecule has 1 aromatic heterocycles.